The Morgan fingerprint density at radius 2 is 2.36 bits per heavy atom. The SMILES string of the molecule is N[C@@H](C(=O)O)C1CCC(=O)C1. The van der Waals surface area contributed by atoms with Crippen molar-refractivity contribution in [3.8, 4) is 0 Å². The van der Waals surface area contributed by atoms with E-state index in [2.05, 4.69) is 0 Å². The maximum absolute atomic E-state index is 10.7. The van der Waals surface area contributed by atoms with Crippen LogP contribution in [0.1, 0.15) is 19.3 Å². The molecule has 11 heavy (non-hydrogen) atoms. The number of hydrogen-bond acceptors (Lipinski definition) is 3. The van der Waals surface area contributed by atoms with Gasteiger partial charge in [-0.1, -0.05) is 0 Å². The van der Waals surface area contributed by atoms with Gasteiger partial charge < -0.3 is 10.8 Å². The van der Waals surface area contributed by atoms with Gasteiger partial charge >= 0.3 is 5.97 Å². The van der Waals surface area contributed by atoms with Crippen LogP contribution in [0.4, 0.5) is 0 Å². The molecule has 0 aromatic carbocycles. The Kier molecular flexibility index (Phi) is 2.24. The van der Waals surface area contributed by atoms with Gasteiger partial charge in [0.2, 0.25) is 0 Å². The van der Waals surface area contributed by atoms with E-state index in [0.717, 1.165) is 0 Å². The fraction of sp³-hybridized carbons (Fsp3) is 0.714. The summed E-state index contributed by atoms with van der Waals surface area (Å²) in [7, 11) is 0. The molecule has 0 bridgehead atoms. The molecule has 3 N–H and O–H groups in total. The first-order valence-electron chi connectivity index (χ1n) is 3.61. The van der Waals surface area contributed by atoms with E-state index in [1.54, 1.807) is 0 Å². The lowest BCUT2D eigenvalue weighted by molar-refractivity contribution is -0.139. The molecule has 4 heteroatoms. The topological polar surface area (TPSA) is 80.4 Å². The molecule has 0 amide bonds. The van der Waals surface area contributed by atoms with Crippen molar-refractivity contribution in [1.29, 1.82) is 0 Å². The molecule has 0 aromatic heterocycles. The van der Waals surface area contributed by atoms with Crippen LogP contribution in [-0.4, -0.2) is 22.9 Å². The van der Waals surface area contributed by atoms with Gasteiger partial charge in [-0.05, 0) is 12.3 Å². The number of carboxylic acids is 1. The van der Waals surface area contributed by atoms with E-state index in [-0.39, 0.29) is 11.7 Å². The fourth-order valence-electron chi connectivity index (χ4n) is 1.35. The highest BCUT2D eigenvalue weighted by molar-refractivity contribution is 5.83. The van der Waals surface area contributed by atoms with Gasteiger partial charge in [0, 0.05) is 12.8 Å². The zero-order valence-electron chi connectivity index (χ0n) is 6.12. The number of hydrogen-bond donors (Lipinski definition) is 2. The van der Waals surface area contributed by atoms with Crippen LogP contribution < -0.4 is 5.73 Å². The summed E-state index contributed by atoms with van der Waals surface area (Å²) in [4.78, 5) is 21.1. The molecular weight excluding hydrogens is 146 g/mol. The van der Waals surface area contributed by atoms with Crippen LogP contribution in [0.3, 0.4) is 0 Å². The average molecular weight is 157 g/mol. The number of carbonyl (C=O) groups is 2. The molecule has 0 aliphatic heterocycles. The second-order valence-electron chi connectivity index (χ2n) is 2.91. The first-order valence-corrected chi connectivity index (χ1v) is 3.61. The van der Waals surface area contributed by atoms with Crippen molar-refractivity contribution in [3.05, 3.63) is 0 Å². The summed E-state index contributed by atoms with van der Waals surface area (Å²) in [5.41, 5.74) is 5.33. The maximum atomic E-state index is 10.7. The molecule has 1 unspecified atom stereocenters. The lowest BCUT2D eigenvalue weighted by Gasteiger charge is -2.11. The molecule has 0 saturated heterocycles. The first-order chi connectivity index (χ1) is 5.11. The van der Waals surface area contributed by atoms with E-state index in [0.29, 0.717) is 19.3 Å². The molecule has 62 valence electrons. The molecule has 0 spiro atoms. The van der Waals surface area contributed by atoms with Crippen molar-refractivity contribution < 1.29 is 14.7 Å². The summed E-state index contributed by atoms with van der Waals surface area (Å²) < 4.78 is 0. The van der Waals surface area contributed by atoms with Gasteiger partial charge in [-0.2, -0.15) is 0 Å². The summed E-state index contributed by atoms with van der Waals surface area (Å²) in [6, 6.07) is -0.860. The Bertz CT molecular complexity index is 190. The number of nitrogens with two attached hydrogens (primary N) is 1. The van der Waals surface area contributed by atoms with Crippen LogP contribution in [0.2, 0.25) is 0 Å². The van der Waals surface area contributed by atoms with Gasteiger partial charge in [0.1, 0.15) is 11.8 Å². The van der Waals surface area contributed by atoms with Crippen LogP contribution in [0.5, 0.6) is 0 Å². The predicted molar refractivity (Wildman–Crippen MR) is 38.0 cm³/mol. The van der Waals surface area contributed by atoms with Gasteiger partial charge in [-0.3, -0.25) is 9.59 Å². The van der Waals surface area contributed by atoms with E-state index < -0.39 is 12.0 Å². The van der Waals surface area contributed by atoms with E-state index in [9.17, 15) is 9.59 Å². The Labute approximate surface area is 64.4 Å². The Morgan fingerprint density at radius 1 is 1.73 bits per heavy atom. The van der Waals surface area contributed by atoms with E-state index >= 15 is 0 Å². The van der Waals surface area contributed by atoms with Crippen LogP contribution >= 0.6 is 0 Å². The highest BCUT2D eigenvalue weighted by Gasteiger charge is 2.30. The lowest BCUT2D eigenvalue weighted by Crippen LogP contribution is -2.36. The highest BCUT2D eigenvalue weighted by atomic mass is 16.4. The van der Waals surface area contributed by atoms with Crippen molar-refractivity contribution in [2.45, 2.75) is 25.3 Å². The maximum Gasteiger partial charge on any atom is 0.320 e. The second kappa shape index (κ2) is 3.00. The lowest BCUT2D eigenvalue weighted by atomic mass is 9.99. The third kappa shape index (κ3) is 1.77. The van der Waals surface area contributed by atoms with E-state index in [1.165, 1.54) is 0 Å². The molecule has 1 fully saturated rings. The summed E-state index contributed by atoms with van der Waals surface area (Å²) in [6.07, 6.45) is 1.46. The number of carboxylic acid groups (broad SMARTS) is 1. The zero-order valence-corrected chi connectivity index (χ0v) is 6.12. The summed E-state index contributed by atoms with van der Waals surface area (Å²) in [5.74, 6) is -1.02. The molecule has 1 saturated carbocycles. The van der Waals surface area contributed by atoms with Gasteiger partial charge in [0.05, 0.1) is 0 Å². The normalized spacial score (nSPS) is 27.0. The minimum atomic E-state index is -1.01. The summed E-state index contributed by atoms with van der Waals surface area (Å²) in [5, 5.41) is 8.49. The smallest absolute Gasteiger partial charge is 0.320 e. The average Bonchev–Trinajstić information content (AvgIpc) is 2.34. The minimum Gasteiger partial charge on any atom is -0.480 e. The van der Waals surface area contributed by atoms with E-state index in [1.807, 2.05) is 0 Å². The van der Waals surface area contributed by atoms with E-state index in [4.69, 9.17) is 10.8 Å². The number of carbonyl (C=O) groups excluding carboxylic acids is 1. The van der Waals surface area contributed by atoms with Crippen molar-refractivity contribution in [3.63, 3.8) is 0 Å². The summed E-state index contributed by atoms with van der Waals surface area (Å²) in [6.45, 7) is 0. The molecular formula is C7H11NO3. The molecule has 0 radical (unpaired) electrons. The molecule has 1 aliphatic rings. The van der Waals surface area contributed by atoms with Crippen LogP contribution in [0.25, 0.3) is 0 Å². The summed E-state index contributed by atoms with van der Waals surface area (Å²) >= 11 is 0. The predicted octanol–water partition coefficient (Wildman–Crippen LogP) is -0.233. The second-order valence-corrected chi connectivity index (χ2v) is 2.91. The first kappa shape index (κ1) is 8.20. The minimum absolute atomic E-state index is 0.131. The van der Waals surface area contributed by atoms with Gasteiger partial charge in [0.15, 0.2) is 0 Å². The number of aliphatic carboxylic acids is 1. The molecule has 0 aromatic rings. The Morgan fingerprint density at radius 3 is 2.73 bits per heavy atom. The number of ketones is 1. The van der Waals surface area contributed by atoms with Crippen molar-refractivity contribution in [2.75, 3.05) is 0 Å². The quantitative estimate of drug-likeness (QED) is 0.580. The monoisotopic (exact) mass is 157 g/mol. The number of Topliss-reactive ketones (excluding diaryl/α,β-unsaturated/α-hetero) is 1. The third-order valence-electron chi connectivity index (χ3n) is 2.08. The van der Waals surface area contributed by atoms with Gasteiger partial charge in [-0.25, -0.2) is 0 Å². The van der Waals surface area contributed by atoms with Crippen molar-refractivity contribution in [1.82, 2.24) is 0 Å². The molecule has 1 aliphatic carbocycles. The third-order valence-corrected chi connectivity index (χ3v) is 2.08. The largest absolute Gasteiger partial charge is 0.480 e. The zero-order chi connectivity index (χ0) is 8.43. The highest BCUT2D eigenvalue weighted by Crippen LogP contribution is 2.24. The molecule has 0 heterocycles. The number of rotatable bonds is 2. The van der Waals surface area contributed by atoms with Gasteiger partial charge in [-0.15, -0.1) is 0 Å². The van der Waals surface area contributed by atoms with Crippen LogP contribution in [0.15, 0.2) is 0 Å². The Balaban J connectivity index is 2.49. The molecule has 2 atom stereocenters. The van der Waals surface area contributed by atoms with Crippen molar-refractivity contribution in [2.24, 2.45) is 11.7 Å². The standard InChI is InChI=1S/C7H11NO3/c8-6(7(10)11)4-1-2-5(9)3-4/h4,6H,1-3,8H2,(H,10,11)/t4?,6-/m1/s1. The Hall–Kier alpha value is -0.900. The van der Waals surface area contributed by atoms with Crippen LogP contribution in [0, 0.1) is 5.92 Å². The molecule has 1 rings (SSSR count). The molecule has 4 nitrogen and oxygen atoms in total. The van der Waals surface area contributed by atoms with Gasteiger partial charge in [0.25, 0.3) is 0 Å². The van der Waals surface area contributed by atoms with Crippen LogP contribution in [-0.2, 0) is 9.59 Å². The fourth-order valence-corrected chi connectivity index (χ4v) is 1.35. The van der Waals surface area contributed by atoms with Crippen molar-refractivity contribution >= 4 is 11.8 Å².